The molecule has 0 amide bonds. The van der Waals surface area contributed by atoms with Gasteiger partial charge in [-0.1, -0.05) is 0 Å². The van der Waals surface area contributed by atoms with Crippen molar-refractivity contribution in [1.82, 2.24) is 0 Å². The zero-order valence-electron chi connectivity index (χ0n) is 10.6. The largest absolute Gasteiger partial charge is 0.481 e. The van der Waals surface area contributed by atoms with Crippen LogP contribution < -0.4 is 5.32 Å². The number of nitro groups is 1. The molecule has 1 aromatic carbocycles. The number of hydrogen-bond acceptors (Lipinski definition) is 5. The molecule has 0 spiro atoms. The molecule has 0 atom stereocenters. The summed E-state index contributed by atoms with van der Waals surface area (Å²) < 4.78 is 0. The molecule has 7 heteroatoms. The lowest BCUT2D eigenvalue weighted by Crippen LogP contribution is -2.46. The van der Waals surface area contributed by atoms with Crippen molar-refractivity contribution in [1.29, 1.82) is 5.26 Å². The molecule has 1 saturated carbocycles. The number of carboxylic acid groups (broad SMARTS) is 1. The molecule has 1 fully saturated rings. The van der Waals surface area contributed by atoms with Crippen LogP contribution in [0.5, 0.6) is 0 Å². The maximum Gasteiger partial charge on any atom is 0.305 e. The van der Waals surface area contributed by atoms with Crippen LogP contribution in [0.25, 0.3) is 0 Å². The maximum atomic E-state index is 10.9. The first kappa shape index (κ1) is 13.8. The molecule has 0 heterocycles. The van der Waals surface area contributed by atoms with Gasteiger partial charge in [0.05, 0.1) is 11.3 Å². The first-order valence-corrected chi connectivity index (χ1v) is 6.14. The van der Waals surface area contributed by atoms with E-state index >= 15 is 0 Å². The molecule has 2 N–H and O–H groups in total. The molecule has 0 saturated heterocycles. The third-order valence-corrected chi connectivity index (χ3v) is 3.52. The molecule has 0 radical (unpaired) electrons. The van der Waals surface area contributed by atoms with Gasteiger partial charge in [0.2, 0.25) is 0 Å². The lowest BCUT2D eigenvalue weighted by Gasteiger charge is -2.42. The molecule has 0 unspecified atom stereocenters. The van der Waals surface area contributed by atoms with Gasteiger partial charge in [0, 0.05) is 17.3 Å². The van der Waals surface area contributed by atoms with Crippen molar-refractivity contribution in [3.8, 4) is 6.07 Å². The van der Waals surface area contributed by atoms with E-state index in [0.29, 0.717) is 18.5 Å². The molecule has 104 valence electrons. The topological polar surface area (TPSA) is 116 Å². The normalized spacial score (nSPS) is 15.8. The molecule has 1 aromatic rings. The van der Waals surface area contributed by atoms with E-state index in [1.807, 2.05) is 0 Å². The fourth-order valence-corrected chi connectivity index (χ4v) is 2.40. The summed E-state index contributed by atoms with van der Waals surface area (Å²) in [7, 11) is 0. The first-order chi connectivity index (χ1) is 9.46. The van der Waals surface area contributed by atoms with Crippen molar-refractivity contribution in [3.63, 3.8) is 0 Å². The number of benzene rings is 1. The lowest BCUT2D eigenvalue weighted by molar-refractivity contribution is -0.385. The third kappa shape index (κ3) is 2.69. The van der Waals surface area contributed by atoms with Crippen molar-refractivity contribution in [2.45, 2.75) is 31.2 Å². The van der Waals surface area contributed by atoms with Crippen molar-refractivity contribution >= 4 is 17.3 Å². The van der Waals surface area contributed by atoms with Gasteiger partial charge in [0.15, 0.2) is 0 Å². The molecule has 1 aliphatic rings. The minimum Gasteiger partial charge on any atom is -0.481 e. The standard InChI is InChI=1S/C13H13N3O4/c14-8-9-2-3-10(6-11(9)16(19)20)15-13(4-1-5-13)7-12(17)18/h2-3,6,15H,1,4-5,7H2,(H,17,18). The summed E-state index contributed by atoms with van der Waals surface area (Å²) in [4.78, 5) is 21.2. The molecule has 1 aliphatic carbocycles. The molecule has 2 rings (SSSR count). The summed E-state index contributed by atoms with van der Waals surface area (Å²) in [6.07, 6.45) is 2.33. The van der Waals surface area contributed by atoms with Crippen molar-refractivity contribution in [3.05, 3.63) is 33.9 Å². The number of nitro benzene ring substituents is 1. The summed E-state index contributed by atoms with van der Waals surface area (Å²) in [5, 5.41) is 31.7. The van der Waals surface area contributed by atoms with E-state index in [1.54, 1.807) is 12.1 Å². The van der Waals surface area contributed by atoms with Gasteiger partial charge in [-0.25, -0.2) is 0 Å². The Labute approximate surface area is 115 Å². The third-order valence-electron chi connectivity index (χ3n) is 3.52. The average Bonchev–Trinajstić information content (AvgIpc) is 2.35. The maximum absolute atomic E-state index is 10.9. The van der Waals surface area contributed by atoms with Crippen molar-refractivity contribution < 1.29 is 14.8 Å². The van der Waals surface area contributed by atoms with E-state index in [9.17, 15) is 14.9 Å². The summed E-state index contributed by atoms with van der Waals surface area (Å²) in [5.74, 6) is -0.902. The van der Waals surface area contributed by atoms with E-state index in [0.717, 1.165) is 6.42 Å². The number of nitrogens with zero attached hydrogens (tertiary/aromatic N) is 2. The van der Waals surface area contributed by atoms with Gasteiger partial charge in [-0.05, 0) is 31.4 Å². The second-order valence-electron chi connectivity index (χ2n) is 4.93. The van der Waals surface area contributed by atoms with E-state index in [2.05, 4.69) is 5.32 Å². The van der Waals surface area contributed by atoms with Crippen LogP contribution in [0.2, 0.25) is 0 Å². The van der Waals surface area contributed by atoms with E-state index < -0.39 is 16.4 Å². The van der Waals surface area contributed by atoms with E-state index in [1.165, 1.54) is 12.1 Å². The van der Waals surface area contributed by atoms with Crippen LogP contribution in [-0.4, -0.2) is 21.5 Å². The van der Waals surface area contributed by atoms with Gasteiger partial charge < -0.3 is 10.4 Å². The Balaban J connectivity index is 2.26. The minimum atomic E-state index is -0.902. The van der Waals surface area contributed by atoms with Crippen molar-refractivity contribution in [2.24, 2.45) is 0 Å². The average molecular weight is 275 g/mol. The highest BCUT2D eigenvalue weighted by atomic mass is 16.6. The molecule has 0 bridgehead atoms. The number of nitriles is 1. The second kappa shape index (κ2) is 5.17. The Kier molecular flexibility index (Phi) is 3.57. The highest BCUT2D eigenvalue weighted by molar-refractivity contribution is 5.70. The zero-order chi connectivity index (χ0) is 14.8. The SMILES string of the molecule is N#Cc1ccc(NC2(CC(=O)O)CCC2)cc1[N+](=O)[O-]. The zero-order valence-corrected chi connectivity index (χ0v) is 10.6. The van der Waals surface area contributed by atoms with Crippen LogP contribution in [0.4, 0.5) is 11.4 Å². The summed E-state index contributed by atoms with van der Waals surface area (Å²) in [6, 6.07) is 5.97. The predicted octanol–water partition coefficient (Wildman–Crippen LogP) is 2.28. The van der Waals surface area contributed by atoms with Gasteiger partial charge in [-0.2, -0.15) is 5.26 Å². The molecule has 0 aromatic heterocycles. The highest BCUT2D eigenvalue weighted by Crippen LogP contribution is 2.39. The van der Waals surface area contributed by atoms with Gasteiger partial charge in [0.1, 0.15) is 11.6 Å². The Morgan fingerprint density at radius 3 is 2.70 bits per heavy atom. The number of anilines is 1. The van der Waals surface area contributed by atoms with Crippen molar-refractivity contribution in [2.75, 3.05) is 5.32 Å². The van der Waals surface area contributed by atoms with Crippen LogP contribution >= 0.6 is 0 Å². The smallest absolute Gasteiger partial charge is 0.305 e. The number of carbonyl (C=O) groups is 1. The van der Waals surface area contributed by atoms with Gasteiger partial charge >= 0.3 is 5.97 Å². The minimum absolute atomic E-state index is 0.0126. The number of aliphatic carboxylic acids is 1. The molecule has 0 aliphatic heterocycles. The summed E-state index contributed by atoms with van der Waals surface area (Å²) in [6.45, 7) is 0. The second-order valence-corrected chi connectivity index (χ2v) is 4.93. The molecular weight excluding hydrogens is 262 g/mol. The molecule has 7 nitrogen and oxygen atoms in total. The van der Waals surface area contributed by atoms with Gasteiger partial charge in [-0.3, -0.25) is 14.9 Å². The molecular formula is C13H13N3O4. The van der Waals surface area contributed by atoms with Gasteiger partial charge in [-0.15, -0.1) is 0 Å². The number of hydrogen-bond donors (Lipinski definition) is 2. The Morgan fingerprint density at radius 2 is 2.25 bits per heavy atom. The number of carboxylic acids is 1. The van der Waals surface area contributed by atoms with E-state index in [-0.39, 0.29) is 17.7 Å². The van der Waals surface area contributed by atoms with Crippen LogP contribution in [-0.2, 0) is 4.79 Å². The Morgan fingerprint density at radius 1 is 1.55 bits per heavy atom. The quantitative estimate of drug-likeness (QED) is 0.629. The van der Waals surface area contributed by atoms with Crippen LogP contribution in [0, 0.1) is 21.4 Å². The Hall–Kier alpha value is -2.62. The van der Waals surface area contributed by atoms with Crippen LogP contribution in [0.15, 0.2) is 18.2 Å². The fourth-order valence-electron chi connectivity index (χ4n) is 2.40. The summed E-state index contributed by atoms with van der Waals surface area (Å²) >= 11 is 0. The first-order valence-electron chi connectivity index (χ1n) is 6.14. The fraction of sp³-hybridized carbons (Fsp3) is 0.385. The predicted molar refractivity (Wildman–Crippen MR) is 70.3 cm³/mol. The monoisotopic (exact) mass is 275 g/mol. The number of nitrogens with one attached hydrogen (secondary N) is 1. The highest BCUT2D eigenvalue weighted by Gasteiger charge is 2.39. The lowest BCUT2D eigenvalue weighted by atomic mass is 9.74. The Bertz CT molecular complexity index is 602. The van der Waals surface area contributed by atoms with E-state index in [4.69, 9.17) is 10.4 Å². The molecule has 20 heavy (non-hydrogen) atoms. The van der Waals surface area contributed by atoms with Gasteiger partial charge in [0.25, 0.3) is 5.69 Å². The number of rotatable bonds is 5. The van der Waals surface area contributed by atoms with Crippen LogP contribution in [0.1, 0.15) is 31.2 Å². The summed E-state index contributed by atoms with van der Waals surface area (Å²) in [5.41, 5.74) is -0.353. The van der Waals surface area contributed by atoms with Crippen LogP contribution in [0.3, 0.4) is 0 Å².